The second kappa shape index (κ2) is 10.7. The molecule has 1 unspecified atom stereocenters. The minimum atomic E-state index is -1.32. The summed E-state index contributed by atoms with van der Waals surface area (Å²) in [6.45, 7) is -0.151. The maximum absolute atomic E-state index is 12.7. The number of hydrogen-bond acceptors (Lipinski definition) is 14. The highest BCUT2D eigenvalue weighted by molar-refractivity contribution is 8.08. The van der Waals surface area contributed by atoms with Crippen LogP contribution in [0.3, 0.4) is 0 Å². The molecule has 1 aromatic rings. The summed E-state index contributed by atoms with van der Waals surface area (Å²) in [5, 5.41) is 25.0. The lowest BCUT2D eigenvalue weighted by Gasteiger charge is -2.49. The standard InChI is InChI=1S/C16H18N8O7S3/c17-5(3-31-16(19)29)1-2-32-6-4-33-13-8(12(26)24(13)9(6)14(27)28)20-11(25)7(22-30)10-21-15(18)34-23-10/h1-2,5,8,13,30H,3-4,17H2,(H2,19,29)(H,20,25)(H,27,28)(H2,18,21,23)/b2-1-,22-7-/t5-,8?,13-/m1/s1. The fourth-order valence-corrected chi connectivity index (χ4v) is 5.72. The molecular weight excluding hydrogens is 512 g/mol. The van der Waals surface area contributed by atoms with Gasteiger partial charge in [-0.3, -0.25) is 14.5 Å². The van der Waals surface area contributed by atoms with E-state index in [0.717, 1.165) is 28.2 Å². The zero-order valence-electron chi connectivity index (χ0n) is 17.0. The lowest BCUT2D eigenvalue weighted by Crippen LogP contribution is -2.71. The first-order chi connectivity index (χ1) is 16.1. The lowest BCUT2D eigenvalue weighted by molar-refractivity contribution is -0.150. The number of thioether (sulfide) groups is 2. The highest BCUT2D eigenvalue weighted by Crippen LogP contribution is 2.43. The molecule has 3 amide bonds. The Morgan fingerprint density at radius 2 is 2.18 bits per heavy atom. The van der Waals surface area contributed by atoms with Gasteiger partial charge in [0.05, 0.1) is 6.04 Å². The molecule has 0 bridgehead atoms. The number of primary amides is 1. The number of amides is 3. The molecule has 0 spiro atoms. The molecule has 0 aliphatic carbocycles. The Hall–Kier alpha value is -3.35. The minimum Gasteiger partial charge on any atom is -0.477 e. The number of carboxylic acids is 1. The molecule has 34 heavy (non-hydrogen) atoms. The SMILES string of the molecule is NC(=O)OC[C@H](N)/C=C\SC1=C(C(=O)O)N2C(=O)C(NC(=O)/C(=N\O)c3nsc(N)n3)[C@H]2SC1. The normalized spacial score (nSPS) is 21.1. The third kappa shape index (κ3) is 5.41. The molecule has 3 rings (SSSR count). The summed E-state index contributed by atoms with van der Waals surface area (Å²) in [5.41, 5.74) is 15.3. The second-order valence-electron chi connectivity index (χ2n) is 6.58. The minimum absolute atomic E-state index is 0.0503. The number of carbonyl (C=O) groups excluding carboxylic acids is 3. The molecule has 3 atom stereocenters. The van der Waals surface area contributed by atoms with Gasteiger partial charge < -0.3 is 37.6 Å². The number of carboxylic acid groups (broad SMARTS) is 1. The van der Waals surface area contributed by atoms with Crippen molar-refractivity contribution in [1.82, 2.24) is 19.6 Å². The van der Waals surface area contributed by atoms with E-state index >= 15 is 0 Å². The van der Waals surface area contributed by atoms with Crippen LogP contribution in [0.4, 0.5) is 9.93 Å². The van der Waals surface area contributed by atoms with Gasteiger partial charge in [-0.2, -0.15) is 9.36 Å². The van der Waals surface area contributed by atoms with Gasteiger partial charge in [-0.25, -0.2) is 9.59 Å². The fraction of sp³-hybridized carbons (Fsp3) is 0.312. The number of ether oxygens (including phenoxy) is 1. The van der Waals surface area contributed by atoms with E-state index in [1.807, 2.05) is 0 Å². The van der Waals surface area contributed by atoms with E-state index in [1.165, 1.54) is 23.2 Å². The quantitative estimate of drug-likeness (QED) is 0.0937. The first-order valence-electron chi connectivity index (χ1n) is 9.18. The largest absolute Gasteiger partial charge is 0.477 e. The van der Waals surface area contributed by atoms with Crippen LogP contribution in [0.1, 0.15) is 5.82 Å². The number of nitrogens with one attached hydrogen (secondary N) is 1. The summed E-state index contributed by atoms with van der Waals surface area (Å²) in [6.07, 6.45) is 0.525. The van der Waals surface area contributed by atoms with Gasteiger partial charge in [0.25, 0.3) is 11.8 Å². The van der Waals surface area contributed by atoms with E-state index < -0.39 is 47.0 Å². The number of hydrogen-bond donors (Lipinski definition) is 6. The van der Waals surface area contributed by atoms with Gasteiger partial charge in [0, 0.05) is 22.2 Å². The van der Waals surface area contributed by atoms with Gasteiger partial charge in [0.1, 0.15) is 23.7 Å². The predicted octanol–water partition coefficient (Wildman–Crippen LogP) is -1.34. The van der Waals surface area contributed by atoms with Gasteiger partial charge in [0.2, 0.25) is 11.5 Å². The van der Waals surface area contributed by atoms with Crippen molar-refractivity contribution >= 4 is 69.8 Å². The molecule has 1 fully saturated rings. The van der Waals surface area contributed by atoms with E-state index in [1.54, 1.807) is 0 Å². The maximum atomic E-state index is 12.7. The molecule has 1 aromatic heterocycles. The van der Waals surface area contributed by atoms with E-state index in [4.69, 9.17) is 22.4 Å². The van der Waals surface area contributed by atoms with Crippen LogP contribution < -0.4 is 22.5 Å². The summed E-state index contributed by atoms with van der Waals surface area (Å²) >= 11 is 3.07. The Balaban J connectivity index is 1.68. The van der Waals surface area contributed by atoms with Crippen molar-refractivity contribution in [2.24, 2.45) is 16.6 Å². The highest BCUT2D eigenvalue weighted by Gasteiger charge is 2.54. The Morgan fingerprint density at radius 3 is 2.76 bits per heavy atom. The third-order valence-corrected chi connectivity index (χ3v) is 7.27. The summed E-state index contributed by atoms with van der Waals surface area (Å²) in [6, 6.07) is -1.71. The summed E-state index contributed by atoms with van der Waals surface area (Å²) in [7, 11) is 0. The molecular formula is C16H18N8O7S3. The molecule has 2 aliphatic heterocycles. The van der Waals surface area contributed by atoms with Crippen LogP contribution in [0.25, 0.3) is 0 Å². The van der Waals surface area contributed by atoms with Crippen molar-refractivity contribution in [3.8, 4) is 0 Å². The number of fused-ring (bicyclic) bond motifs is 1. The number of nitrogens with zero attached hydrogens (tertiary/aromatic N) is 4. The number of rotatable bonds is 9. The molecule has 3 heterocycles. The molecule has 18 heteroatoms. The number of anilines is 1. The van der Waals surface area contributed by atoms with Crippen LogP contribution >= 0.6 is 35.1 Å². The highest BCUT2D eigenvalue weighted by atomic mass is 32.2. The zero-order valence-corrected chi connectivity index (χ0v) is 19.4. The second-order valence-corrected chi connectivity index (χ2v) is 9.47. The first-order valence-corrected chi connectivity index (χ1v) is 11.9. The summed E-state index contributed by atoms with van der Waals surface area (Å²) in [5.74, 6) is -2.87. The average molecular weight is 531 g/mol. The van der Waals surface area contributed by atoms with Crippen LogP contribution in [0.5, 0.6) is 0 Å². The predicted molar refractivity (Wildman–Crippen MR) is 123 cm³/mol. The Bertz CT molecular complexity index is 1100. The molecule has 0 aromatic carbocycles. The Morgan fingerprint density at radius 1 is 1.44 bits per heavy atom. The van der Waals surface area contributed by atoms with Crippen molar-refractivity contribution in [2.45, 2.75) is 17.5 Å². The van der Waals surface area contributed by atoms with Crippen LogP contribution in [-0.2, 0) is 19.1 Å². The Labute approximate surface area is 203 Å². The van der Waals surface area contributed by atoms with Crippen molar-refractivity contribution in [3.63, 3.8) is 0 Å². The third-order valence-electron chi connectivity index (χ3n) is 4.35. The maximum Gasteiger partial charge on any atom is 0.404 e. The van der Waals surface area contributed by atoms with Crippen LogP contribution in [0.2, 0.25) is 0 Å². The summed E-state index contributed by atoms with van der Waals surface area (Å²) < 4.78 is 8.36. The van der Waals surface area contributed by atoms with Gasteiger partial charge in [-0.15, -0.1) is 11.8 Å². The molecule has 182 valence electrons. The molecule has 1 saturated heterocycles. The van der Waals surface area contributed by atoms with Crippen molar-refractivity contribution in [1.29, 1.82) is 0 Å². The van der Waals surface area contributed by atoms with Crippen molar-refractivity contribution < 1.29 is 34.2 Å². The van der Waals surface area contributed by atoms with Crippen LogP contribution in [0.15, 0.2) is 27.2 Å². The van der Waals surface area contributed by atoms with Gasteiger partial charge in [-0.05, 0) is 5.41 Å². The molecule has 9 N–H and O–H groups in total. The number of nitrogen functional groups attached to an aromatic ring is 1. The number of nitrogens with two attached hydrogens (primary N) is 3. The molecule has 0 saturated carbocycles. The fourth-order valence-electron chi connectivity index (χ4n) is 2.87. The van der Waals surface area contributed by atoms with E-state index in [9.17, 15) is 24.3 Å². The van der Waals surface area contributed by atoms with E-state index in [-0.39, 0.29) is 29.0 Å². The van der Waals surface area contributed by atoms with Gasteiger partial charge in [-0.1, -0.05) is 23.0 Å². The van der Waals surface area contributed by atoms with Crippen molar-refractivity contribution in [3.05, 3.63) is 27.9 Å². The Kier molecular flexibility index (Phi) is 7.97. The molecule has 15 nitrogen and oxygen atoms in total. The number of β-lactam (4-membered cyclic amide) rings is 1. The van der Waals surface area contributed by atoms with Crippen LogP contribution in [-0.4, -0.2) is 84.0 Å². The van der Waals surface area contributed by atoms with Crippen molar-refractivity contribution in [2.75, 3.05) is 18.1 Å². The number of aromatic nitrogens is 2. The average Bonchev–Trinajstić information content (AvgIpc) is 3.21. The smallest absolute Gasteiger partial charge is 0.404 e. The van der Waals surface area contributed by atoms with Crippen LogP contribution in [0, 0.1) is 0 Å². The lowest BCUT2D eigenvalue weighted by atomic mass is 10.0. The topological polar surface area (TPSA) is 249 Å². The van der Waals surface area contributed by atoms with Gasteiger partial charge in [0.15, 0.2) is 5.13 Å². The summed E-state index contributed by atoms with van der Waals surface area (Å²) in [4.78, 5) is 52.9. The number of oxime groups is 1. The number of carbonyl (C=O) groups is 4. The van der Waals surface area contributed by atoms with E-state index in [2.05, 4.69) is 24.6 Å². The number of aliphatic carboxylic acids is 1. The molecule has 2 aliphatic rings. The first kappa shape index (κ1) is 25.3. The monoisotopic (exact) mass is 530 g/mol. The van der Waals surface area contributed by atoms with Gasteiger partial charge >= 0.3 is 12.1 Å². The zero-order chi connectivity index (χ0) is 25.0. The molecule has 0 radical (unpaired) electrons. The van der Waals surface area contributed by atoms with E-state index in [0.29, 0.717) is 4.91 Å².